The summed E-state index contributed by atoms with van der Waals surface area (Å²) in [6, 6.07) is 5.21. The molecule has 2 aliphatic rings. The van der Waals surface area contributed by atoms with E-state index in [-0.39, 0.29) is 24.1 Å². The predicted octanol–water partition coefficient (Wildman–Crippen LogP) is 1.57. The highest BCUT2D eigenvalue weighted by atomic mass is 16.2. The number of allylic oxidation sites excluding steroid dienone is 1. The molecule has 0 spiro atoms. The van der Waals surface area contributed by atoms with Gasteiger partial charge in [-0.3, -0.25) is 19.7 Å². The lowest BCUT2D eigenvalue weighted by Crippen LogP contribution is -2.52. The third-order valence-corrected chi connectivity index (χ3v) is 4.09. The van der Waals surface area contributed by atoms with Gasteiger partial charge in [0, 0.05) is 18.5 Å². The zero-order valence-corrected chi connectivity index (χ0v) is 12.5. The van der Waals surface area contributed by atoms with Crippen LogP contribution in [-0.4, -0.2) is 28.7 Å². The molecule has 5 nitrogen and oxygen atoms in total. The Morgan fingerprint density at radius 2 is 2.14 bits per heavy atom. The molecule has 3 amide bonds. The van der Waals surface area contributed by atoms with Crippen molar-refractivity contribution >= 4 is 17.7 Å². The van der Waals surface area contributed by atoms with Gasteiger partial charge in [0.1, 0.15) is 6.04 Å². The van der Waals surface area contributed by atoms with Gasteiger partial charge in [-0.2, -0.15) is 0 Å². The Balaban J connectivity index is 1.83. The first-order valence-electron chi connectivity index (χ1n) is 7.36. The molecule has 0 aliphatic carbocycles. The molecule has 0 aromatic heterocycles. The fourth-order valence-electron chi connectivity index (χ4n) is 3.09. The van der Waals surface area contributed by atoms with E-state index in [9.17, 15) is 14.4 Å². The lowest BCUT2D eigenvalue weighted by molar-refractivity contribution is -0.136. The monoisotopic (exact) mass is 298 g/mol. The number of piperidine rings is 1. The predicted molar refractivity (Wildman–Crippen MR) is 81.0 cm³/mol. The number of nitrogens with zero attached hydrogens (tertiary/aromatic N) is 1. The average molecular weight is 298 g/mol. The highest BCUT2D eigenvalue weighted by Gasteiger charge is 2.38. The van der Waals surface area contributed by atoms with E-state index in [0.717, 1.165) is 23.1 Å². The van der Waals surface area contributed by atoms with Gasteiger partial charge >= 0.3 is 0 Å². The number of carbonyl (C=O) groups excluding carboxylic acids is 3. The van der Waals surface area contributed by atoms with Crippen molar-refractivity contribution < 1.29 is 14.4 Å². The first-order valence-corrected chi connectivity index (χ1v) is 7.36. The van der Waals surface area contributed by atoms with E-state index in [1.54, 1.807) is 4.90 Å². The van der Waals surface area contributed by atoms with Crippen LogP contribution in [0.3, 0.4) is 0 Å². The molecule has 1 atom stereocenters. The van der Waals surface area contributed by atoms with Gasteiger partial charge in [-0.1, -0.05) is 24.3 Å². The number of amides is 3. The molecule has 0 saturated carbocycles. The summed E-state index contributed by atoms with van der Waals surface area (Å²) >= 11 is 0. The second kappa shape index (κ2) is 5.40. The van der Waals surface area contributed by atoms with Crippen molar-refractivity contribution in [3.63, 3.8) is 0 Å². The topological polar surface area (TPSA) is 66.5 Å². The van der Waals surface area contributed by atoms with Gasteiger partial charge in [0.2, 0.25) is 11.8 Å². The minimum atomic E-state index is -0.554. The van der Waals surface area contributed by atoms with Crippen LogP contribution in [0.15, 0.2) is 30.4 Å². The summed E-state index contributed by atoms with van der Waals surface area (Å²) in [7, 11) is 0. The Bertz CT molecular complexity index is 693. The van der Waals surface area contributed by atoms with E-state index in [1.807, 2.05) is 25.1 Å². The lowest BCUT2D eigenvalue weighted by atomic mass is 10.0. The number of hydrogen-bond acceptors (Lipinski definition) is 3. The summed E-state index contributed by atoms with van der Waals surface area (Å²) in [4.78, 5) is 37.3. The van der Waals surface area contributed by atoms with Crippen LogP contribution in [0.1, 0.15) is 41.3 Å². The smallest absolute Gasteiger partial charge is 0.255 e. The van der Waals surface area contributed by atoms with Crippen LogP contribution in [0.25, 0.3) is 0 Å². The zero-order valence-electron chi connectivity index (χ0n) is 12.5. The number of carbonyl (C=O) groups is 3. The number of nitrogens with one attached hydrogen (secondary N) is 1. The highest BCUT2D eigenvalue weighted by Crippen LogP contribution is 2.28. The molecule has 3 rings (SSSR count). The van der Waals surface area contributed by atoms with Crippen LogP contribution in [-0.2, 0) is 22.6 Å². The maximum Gasteiger partial charge on any atom is 0.255 e. The standard InChI is InChI=1S/C17H18N2O3/c1-10(2)7-11-3-4-13-12(8-11)9-19(17(13)22)14-5-6-15(20)18-16(14)21/h3-4,8,14H,1,5-7,9H2,2H3,(H,18,20,21). The second-order valence-corrected chi connectivity index (χ2v) is 6.03. The lowest BCUT2D eigenvalue weighted by Gasteiger charge is -2.29. The van der Waals surface area contributed by atoms with Gasteiger partial charge in [-0.05, 0) is 37.0 Å². The fourth-order valence-corrected chi connectivity index (χ4v) is 3.09. The van der Waals surface area contributed by atoms with E-state index < -0.39 is 6.04 Å². The Labute approximate surface area is 129 Å². The van der Waals surface area contributed by atoms with Crippen molar-refractivity contribution in [3.8, 4) is 0 Å². The minimum absolute atomic E-state index is 0.133. The second-order valence-electron chi connectivity index (χ2n) is 6.03. The minimum Gasteiger partial charge on any atom is -0.322 e. The maximum absolute atomic E-state index is 12.5. The first kappa shape index (κ1) is 14.5. The quantitative estimate of drug-likeness (QED) is 0.680. The summed E-state index contributed by atoms with van der Waals surface area (Å²) in [5, 5.41) is 2.31. The van der Waals surface area contributed by atoms with Crippen molar-refractivity contribution in [1.82, 2.24) is 10.2 Å². The molecule has 0 bridgehead atoms. The molecule has 114 valence electrons. The van der Waals surface area contributed by atoms with E-state index in [0.29, 0.717) is 18.5 Å². The maximum atomic E-state index is 12.5. The largest absolute Gasteiger partial charge is 0.322 e. The SMILES string of the molecule is C=C(C)Cc1ccc2c(c1)CN(C1CCC(=O)NC1=O)C2=O. The van der Waals surface area contributed by atoms with Crippen LogP contribution in [0.5, 0.6) is 0 Å². The van der Waals surface area contributed by atoms with Crippen LogP contribution >= 0.6 is 0 Å². The normalized spacial score (nSPS) is 20.9. The summed E-state index contributed by atoms with van der Waals surface area (Å²) < 4.78 is 0. The highest BCUT2D eigenvalue weighted by molar-refractivity contribution is 6.05. The number of hydrogen-bond donors (Lipinski definition) is 1. The molecule has 1 unspecified atom stereocenters. The molecular formula is C17H18N2O3. The van der Waals surface area contributed by atoms with Crippen molar-refractivity contribution in [3.05, 3.63) is 47.0 Å². The molecule has 5 heteroatoms. The average Bonchev–Trinajstić information content (AvgIpc) is 2.75. The van der Waals surface area contributed by atoms with Crippen LogP contribution in [0, 0.1) is 0 Å². The summed E-state index contributed by atoms with van der Waals surface area (Å²) in [6.45, 7) is 6.29. The summed E-state index contributed by atoms with van der Waals surface area (Å²) in [5.41, 5.74) is 3.76. The fraction of sp³-hybridized carbons (Fsp3) is 0.353. The molecule has 1 saturated heterocycles. The van der Waals surface area contributed by atoms with Crippen LogP contribution in [0.4, 0.5) is 0 Å². The third-order valence-electron chi connectivity index (χ3n) is 4.09. The van der Waals surface area contributed by atoms with E-state index >= 15 is 0 Å². The molecule has 1 aromatic carbocycles. The van der Waals surface area contributed by atoms with Crippen molar-refractivity contribution in [1.29, 1.82) is 0 Å². The summed E-state index contributed by atoms with van der Waals surface area (Å²) in [6.07, 6.45) is 1.44. The Morgan fingerprint density at radius 3 is 2.82 bits per heavy atom. The molecule has 1 N–H and O–H groups in total. The number of imide groups is 1. The molecule has 2 aliphatic heterocycles. The van der Waals surface area contributed by atoms with E-state index in [2.05, 4.69) is 11.9 Å². The van der Waals surface area contributed by atoms with Crippen molar-refractivity contribution in [2.45, 2.75) is 38.8 Å². The molecular weight excluding hydrogens is 280 g/mol. The number of rotatable bonds is 3. The summed E-state index contributed by atoms with van der Waals surface area (Å²) in [5.74, 6) is -0.778. The van der Waals surface area contributed by atoms with Crippen LogP contribution in [0.2, 0.25) is 0 Å². The van der Waals surface area contributed by atoms with E-state index in [1.165, 1.54) is 0 Å². The van der Waals surface area contributed by atoms with Gasteiger partial charge in [-0.25, -0.2) is 0 Å². The van der Waals surface area contributed by atoms with Gasteiger partial charge in [0.05, 0.1) is 0 Å². The van der Waals surface area contributed by atoms with Gasteiger partial charge < -0.3 is 4.90 Å². The number of fused-ring (bicyclic) bond motifs is 1. The van der Waals surface area contributed by atoms with Gasteiger partial charge in [-0.15, -0.1) is 0 Å². The molecule has 1 aromatic rings. The first-order chi connectivity index (χ1) is 10.5. The molecule has 22 heavy (non-hydrogen) atoms. The Kier molecular flexibility index (Phi) is 3.56. The van der Waals surface area contributed by atoms with Crippen LogP contribution < -0.4 is 5.32 Å². The van der Waals surface area contributed by atoms with Gasteiger partial charge in [0.25, 0.3) is 5.91 Å². The number of benzene rings is 1. The van der Waals surface area contributed by atoms with E-state index in [4.69, 9.17) is 0 Å². The molecule has 2 heterocycles. The molecule has 0 radical (unpaired) electrons. The third kappa shape index (κ3) is 2.54. The Morgan fingerprint density at radius 1 is 1.36 bits per heavy atom. The van der Waals surface area contributed by atoms with Gasteiger partial charge in [0.15, 0.2) is 0 Å². The zero-order chi connectivity index (χ0) is 15.9. The Hall–Kier alpha value is -2.43. The van der Waals surface area contributed by atoms with Crippen molar-refractivity contribution in [2.75, 3.05) is 0 Å². The molecule has 1 fully saturated rings. The van der Waals surface area contributed by atoms with Crippen molar-refractivity contribution in [2.24, 2.45) is 0 Å².